The van der Waals surface area contributed by atoms with Gasteiger partial charge in [-0.1, -0.05) is 60.7 Å². The van der Waals surface area contributed by atoms with Gasteiger partial charge in [0.2, 0.25) is 18.0 Å². The minimum absolute atomic E-state index is 0.0682. The molecule has 1 heterocycles. The van der Waals surface area contributed by atoms with Crippen LogP contribution in [0, 0.1) is 0 Å². The minimum atomic E-state index is -0.543. The predicted octanol–water partition coefficient (Wildman–Crippen LogP) is 2.39. The number of amides is 2. The van der Waals surface area contributed by atoms with Crippen molar-refractivity contribution >= 4 is 11.8 Å². The summed E-state index contributed by atoms with van der Waals surface area (Å²) < 4.78 is 11.2. The molecule has 2 N–H and O–H groups in total. The second kappa shape index (κ2) is 9.08. The van der Waals surface area contributed by atoms with Crippen LogP contribution >= 0.6 is 0 Å². The van der Waals surface area contributed by atoms with Gasteiger partial charge in [0.15, 0.2) is 0 Å². The van der Waals surface area contributed by atoms with Crippen LogP contribution < -0.4 is 5.73 Å². The van der Waals surface area contributed by atoms with Gasteiger partial charge in [0, 0.05) is 25.9 Å². The fourth-order valence-electron chi connectivity index (χ4n) is 3.14. The number of benzene rings is 2. The molecule has 0 saturated heterocycles. The van der Waals surface area contributed by atoms with E-state index >= 15 is 0 Å². The molecule has 0 bridgehead atoms. The Morgan fingerprint density at radius 2 is 1.64 bits per heavy atom. The maximum absolute atomic E-state index is 12.9. The lowest BCUT2D eigenvalue weighted by atomic mass is 10.0. The van der Waals surface area contributed by atoms with Crippen LogP contribution in [0.25, 0.3) is 0 Å². The van der Waals surface area contributed by atoms with Crippen molar-refractivity contribution < 1.29 is 19.1 Å². The molecule has 0 aromatic heterocycles. The predicted molar refractivity (Wildman–Crippen MR) is 105 cm³/mol. The normalized spacial score (nSPS) is 16.5. The first-order valence-electron chi connectivity index (χ1n) is 9.18. The third kappa shape index (κ3) is 5.13. The van der Waals surface area contributed by atoms with Gasteiger partial charge in [-0.25, -0.2) is 0 Å². The Hall–Kier alpha value is -3.28. The average molecular weight is 380 g/mol. The highest BCUT2D eigenvalue weighted by Crippen LogP contribution is 2.22. The van der Waals surface area contributed by atoms with E-state index in [0.717, 1.165) is 11.1 Å². The van der Waals surface area contributed by atoms with Gasteiger partial charge >= 0.3 is 0 Å². The zero-order valence-corrected chi connectivity index (χ0v) is 15.8. The fraction of sp³-hybridized carbons (Fsp3) is 0.273. The lowest BCUT2D eigenvalue weighted by molar-refractivity contribution is -0.134. The number of primary amides is 1. The Labute approximate surface area is 164 Å². The first-order valence-corrected chi connectivity index (χ1v) is 9.18. The number of likely N-dealkylation sites (N-methyl/N-ethyl adjacent to an activating group) is 1. The van der Waals surface area contributed by atoms with Gasteiger partial charge in [0.1, 0.15) is 6.26 Å². The molecular formula is C22H24N2O4. The van der Waals surface area contributed by atoms with E-state index in [1.165, 1.54) is 11.2 Å². The van der Waals surface area contributed by atoms with Crippen LogP contribution in [0.2, 0.25) is 0 Å². The highest BCUT2D eigenvalue weighted by Gasteiger charge is 2.31. The summed E-state index contributed by atoms with van der Waals surface area (Å²) in [6.45, 7) is 0. The Morgan fingerprint density at radius 1 is 1.04 bits per heavy atom. The summed E-state index contributed by atoms with van der Waals surface area (Å²) in [5.74, 6) is -0.663. The first kappa shape index (κ1) is 19.5. The van der Waals surface area contributed by atoms with Crippen LogP contribution in [-0.4, -0.2) is 36.1 Å². The molecular weight excluding hydrogens is 356 g/mol. The van der Waals surface area contributed by atoms with Gasteiger partial charge in [-0.2, -0.15) is 0 Å². The molecule has 1 unspecified atom stereocenters. The SMILES string of the molecule is CN(C(=O)C1=COC(Cc2ccccc2)O1)[C@H](CC(N)=O)Cc1ccccc1. The van der Waals surface area contributed by atoms with Gasteiger partial charge in [0.05, 0.1) is 0 Å². The first-order chi connectivity index (χ1) is 13.5. The number of ether oxygens (including phenoxy) is 2. The van der Waals surface area contributed by atoms with Gasteiger partial charge in [-0.3, -0.25) is 9.59 Å². The highest BCUT2D eigenvalue weighted by atomic mass is 16.7. The molecule has 1 aliphatic rings. The molecule has 2 aromatic carbocycles. The Bertz CT molecular complexity index is 836. The quantitative estimate of drug-likeness (QED) is 0.762. The number of carbonyl (C=O) groups excluding carboxylic acids is 2. The topological polar surface area (TPSA) is 81.9 Å². The molecule has 6 heteroatoms. The molecule has 28 heavy (non-hydrogen) atoms. The van der Waals surface area contributed by atoms with E-state index < -0.39 is 12.2 Å². The van der Waals surface area contributed by atoms with E-state index in [4.69, 9.17) is 15.2 Å². The van der Waals surface area contributed by atoms with E-state index in [2.05, 4.69) is 0 Å². The molecule has 2 aromatic rings. The summed E-state index contributed by atoms with van der Waals surface area (Å²) in [7, 11) is 1.65. The average Bonchev–Trinajstić information content (AvgIpc) is 3.16. The Balaban J connectivity index is 1.63. The maximum Gasteiger partial charge on any atom is 0.292 e. The van der Waals surface area contributed by atoms with Gasteiger partial charge < -0.3 is 20.1 Å². The third-order valence-electron chi connectivity index (χ3n) is 4.66. The lowest BCUT2D eigenvalue weighted by Gasteiger charge is -2.27. The van der Waals surface area contributed by atoms with E-state index in [0.29, 0.717) is 12.8 Å². The largest absolute Gasteiger partial charge is 0.458 e. The smallest absolute Gasteiger partial charge is 0.292 e. The summed E-state index contributed by atoms with van der Waals surface area (Å²) in [6.07, 6.45) is 1.92. The van der Waals surface area contributed by atoms with Gasteiger partial charge in [-0.05, 0) is 17.5 Å². The van der Waals surface area contributed by atoms with Crippen molar-refractivity contribution in [2.75, 3.05) is 7.05 Å². The highest BCUT2D eigenvalue weighted by molar-refractivity contribution is 5.92. The number of carbonyl (C=O) groups is 2. The zero-order valence-electron chi connectivity index (χ0n) is 15.8. The van der Waals surface area contributed by atoms with E-state index in [1.807, 2.05) is 60.7 Å². The van der Waals surface area contributed by atoms with Crippen molar-refractivity contribution in [2.24, 2.45) is 5.73 Å². The minimum Gasteiger partial charge on any atom is -0.458 e. The fourth-order valence-corrected chi connectivity index (χ4v) is 3.14. The van der Waals surface area contributed by atoms with Crippen LogP contribution in [0.1, 0.15) is 17.5 Å². The lowest BCUT2D eigenvalue weighted by Crippen LogP contribution is -2.42. The van der Waals surface area contributed by atoms with Crippen molar-refractivity contribution in [1.82, 2.24) is 4.90 Å². The Kier molecular flexibility index (Phi) is 6.32. The zero-order chi connectivity index (χ0) is 19.9. The van der Waals surface area contributed by atoms with Crippen LogP contribution in [0.15, 0.2) is 72.7 Å². The molecule has 0 saturated carbocycles. The molecule has 3 rings (SSSR count). The molecule has 0 fully saturated rings. The number of hydrogen-bond acceptors (Lipinski definition) is 4. The number of hydrogen-bond donors (Lipinski definition) is 1. The van der Waals surface area contributed by atoms with Crippen molar-refractivity contribution in [3.05, 3.63) is 83.8 Å². The second-order valence-electron chi connectivity index (χ2n) is 6.79. The summed E-state index contributed by atoms with van der Waals surface area (Å²) >= 11 is 0. The van der Waals surface area contributed by atoms with Crippen molar-refractivity contribution in [3.63, 3.8) is 0 Å². The maximum atomic E-state index is 12.9. The number of rotatable bonds is 8. The summed E-state index contributed by atoms with van der Waals surface area (Å²) in [5.41, 5.74) is 7.47. The number of nitrogens with zero attached hydrogens (tertiary/aromatic N) is 1. The summed E-state index contributed by atoms with van der Waals surface area (Å²) in [6, 6.07) is 19.1. The van der Waals surface area contributed by atoms with E-state index in [1.54, 1.807) is 7.05 Å². The van der Waals surface area contributed by atoms with Crippen LogP contribution in [0.3, 0.4) is 0 Å². The molecule has 146 valence electrons. The van der Waals surface area contributed by atoms with Crippen LogP contribution in [0.4, 0.5) is 0 Å². The standard InChI is InChI=1S/C22H24N2O4/c1-24(18(14-20(23)25)12-16-8-4-2-5-9-16)22(26)19-15-27-21(28-19)13-17-10-6-3-7-11-17/h2-11,15,18,21H,12-14H2,1H3,(H2,23,25)/t18-,21?/m0/s1. The second-order valence-corrected chi connectivity index (χ2v) is 6.79. The third-order valence-corrected chi connectivity index (χ3v) is 4.66. The van der Waals surface area contributed by atoms with Crippen LogP contribution in [0.5, 0.6) is 0 Å². The summed E-state index contributed by atoms with van der Waals surface area (Å²) in [5, 5.41) is 0. The van der Waals surface area contributed by atoms with Crippen molar-refractivity contribution in [3.8, 4) is 0 Å². The van der Waals surface area contributed by atoms with E-state index in [9.17, 15) is 9.59 Å². The van der Waals surface area contributed by atoms with Crippen molar-refractivity contribution in [1.29, 1.82) is 0 Å². The van der Waals surface area contributed by atoms with Crippen LogP contribution in [-0.2, 0) is 31.9 Å². The molecule has 2 atom stereocenters. The number of nitrogens with two attached hydrogens (primary N) is 1. The van der Waals surface area contributed by atoms with Gasteiger partial charge in [-0.15, -0.1) is 0 Å². The summed E-state index contributed by atoms with van der Waals surface area (Å²) in [4.78, 5) is 25.9. The van der Waals surface area contributed by atoms with Gasteiger partial charge in [0.25, 0.3) is 5.91 Å². The van der Waals surface area contributed by atoms with Crippen molar-refractivity contribution in [2.45, 2.75) is 31.6 Å². The van der Waals surface area contributed by atoms with E-state index in [-0.39, 0.29) is 24.1 Å². The molecule has 0 aliphatic carbocycles. The molecule has 0 radical (unpaired) electrons. The monoisotopic (exact) mass is 380 g/mol. The molecule has 1 aliphatic heterocycles. The Morgan fingerprint density at radius 3 is 2.25 bits per heavy atom. The molecule has 2 amide bonds. The molecule has 0 spiro atoms. The molecule has 6 nitrogen and oxygen atoms in total.